The van der Waals surface area contributed by atoms with Crippen LogP contribution >= 0.6 is 0 Å². The summed E-state index contributed by atoms with van der Waals surface area (Å²) in [5.41, 5.74) is 1.74. The molecular weight excluding hydrogens is 448 g/mol. The van der Waals surface area contributed by atoms with Crippen LogP contribution in [0.1, 0.15) is 25.3 Å². The van der Waals surface area contributed by atoms with E-state index in [9.17, 15) is 13.6 Å². The van der Waals surface area contributed by atoms with Gasteiger partial charge in [-0.3, -0.25) is 4.98 Å². The van der Waals surface area contributed by atoms with E-state index in [1.165, 1.54) is 7.11 Å². The summed E-state index contributed by atoms with van der Waals surface area (Å²) in [6.45, 7) is 1.14. The van der Waals surface area contributed by atoms with Crippen molar-refractivity contribution in [2.45, 2.75) is 38.3 Å². The zero-order chi connectivity index (χ0) is 24.7. The van der Waals surface area contributed by atoms with E-state index in [-0.39, 0.29) is 18.2 Å². The Morgan fingerprint density at radius 2 is 1.94 bits per heavy atom. The van der Waals surface area contributed by atoms with Gasteiger partial charge in [-0.2, -0.15) is 4.98 Å². The number of pyridine rings is 1. The molecule has 11 heteroatoms. The third-order valence-corrected chi connectivity index (χ3v) is 5.05. The number of halogens is 2. The summed E-state index contributed by atoms with van der Waals surface area (Å²) in [7, 11) is 4.33. The molecule has 0 aliphatic carbocycles. The molecule has 0 saturated carbocycles. The first kappa shape index (κ1) is 24.9. The summed E-state index contributed by atoms with van der Waals surface area (Å²) in [6, 6.07) is 7.84. The van der Waals surface area contributed by atoms with Gasteiger partial charge in [0.25, 0.3) is 0 Å². The lowest BCUT2D eigenvalue weighted by Gasteiger charge is -2.20. The number of alkyl halides is 2. The topological polar surface area (TPSA) is 107 Å². The van der Waals surface area contributed by atoms with E-state index in [4.69, 9.17) is 14.2 Å². The lowest BCUT2D eigenvalue weighted by atomic mass is 10.1. The van der Waals surface area contributed by atoms with E-state index in [1.54, 1.807) is 38.6 Å². The molecule has 9 nitrogen and oxygen atoms in total. The lowest BCUT2D eigenvalue weighted by Crippen LogP contribution is -2.33. The molecule has 0 saturated heterocycles. The van der Waals surface area contributed by atoms with Gasteiger partial charge in [-0.1, -0.05) is 0 Å². The van der Waals surface area contributed by atoms with Crippen LogP contribution in [0.5, 0.6) is 11.5 Å². The van der Waals surface area contributed by atoms with Crippen molar-refractivity contribution in [2.24, 2.45) is 0 Å². The molecule has 2 N–H and O–H groups in total. The molecule has 2 heterocycles. The Balaban J connectivity index is 1.88. The average Bonchev–Trinajstić information content (AvgIpc) is 2.83. The fourth-order valence-electron chi connectivity index (χ4n) is 3.27. The largest absolute Gasteiger partial charge is 0.497 e. The Bertz CT molecular complexity index is 1140. The summed E-state index contributed by atoms with van der Waals surface area (Å²) < 4.78 is 42.3. The molecule has 0 fully saturated rings. The quantitative estimate of drug-likeness (QED) is 0.397. The number of hydrogen-bond donors (Lipinski definition) is 2. The molecule has 0 bridgehead atoms. The molecule has 2 aromatic heterocycles. The van der Waals surface area contributed by atoms with Crippen LogP contribution < -0.4 is 20.1 Å². The summed E-state index contributed by atoms with van der Waals surface area (Å²) >= 11 is 0. The fraction of sp³-hybridized carbons (Fsp3) is 0.391. The van der Waals surface area contributed by atoms with Crippen molar-refractivity contribution >= 4 is 28.8 Å². The summed E-state index contributed by atoms with van der Waals surface area (Å²) in [5, 5.41) is 6.05. The highest BCUT2D eigenvalue weighted by atomic mass is 19.3. The predicted molar refractivity (Wildman–Crippen MR) is 123 cm³/mol. The van der Waals surface area contributed by atoms with Crippen LogP contribution in [-0.2, 0) is 16.1 Å². The number of nitrogens with zero attached hydrogens (tertiary/aromatic N) is 3. The number of hydrogen-bond acceptors (Lipinski definition) is 9. The van der Waals surface area contributed by atoms with Gasteiger partial charge in [-0.15, -0.1) is 0 Å². The van der Waals surface area contributed by atoms with Crippen LogP contribution in [0.2, 0.25) is 0 Å². The maximum Gasteiger partial charge on any atom is 0.328 e. The Morgan fingerprint density at radius 1 is 1.15 bits per heavy atom. The number of carbonyl (C=O) groups excluding carboxylic acids is 1. The maximum atomic E-state index is 13.4. The van der Waals surface area contributed by atoms with Gasteiger partial charge in [0, 0.05) is 30.8 Å². The molecule has 1 unspecified atom stereocenters. The SMILES string of the molecule is COC(=O)C(CCC(C)(F)F)Nc1nc(NCc2ccc(OC)cc2OC)nc2cccnc12. The minimum atomic E-state index is -2.93. The van der Waals surface area contributed by atoms with Crippen molar-refractivity contribution in [3.05, 3.63) is 42.1 Å². The van der Waals surface area contributed by atoms with Gasteiger partial charge in [-0.05, 0) is 37.6 Å². The molecule has 34 heavy (non-hydrogen) atoms. The molecule has 0 spiro atoms. The maximum absolute atomic E-state index is 13.4. The molecule has 0 amide bonds. The number of nitrogens with one attached hydrogen (secondary N) is 2. The highest BCUT2D eigenvalue weighted by Crippen LogP contribution is 2.27. The number of fused-ring (bicyclic) bond motifs is 1. The van der Waals surface area contributed by atoms with E-state index >= 15 is 0 Å². The predicted octanol–water partition coefficient (Wildman–Crippen LogP) is 4.04. The molecule has 0 aliphatic rings. The van der Waals surface area contributed by atoms with E-state index in [0.29, 0.717) is 29.1 Å². The van der Waals surface area contributed by atoms with Crippen LogP contribution in [0, 0.1) is 0 Å². The van der Waals surface area contributed by atoms with Gasteiger partial charge in [0.15, 0.2) is 5.82 Å². The Kier molecular flexibility index (Phi) is 7.98. The van der Waals surface area contributed by atoms with Crippen LogP contribution in [-0.4, -0.2) is 54.2 Å². The van der Waals surface area contributed by atoms with Crippen molar-refractivity contribution in [1.82, 2.24) is 15.0 Å². The van der Waals surface area contributed by atoms with E-state index in [0.717, 1.165) is 12.5 Å². The smallest absolute Gasteiger partial charge is 0.328 e. The van der Waals surface area contributed by atoms with Crippen molar-refractivity contribution in [3.8, 4) is 11.5 Å². The lowest BCUT2D eigenvalue weighted by molar-refractivity contribution is -0.142. The normalized spacial score (nSPS) is 12.2. The fourth-order valence-corrected chi connectivity index (χ4v) is 3.27. The first-order valence-corrected chi connectivity index (χ1v) is 10.5. The Labute approximate surface area is 195 Å². The van der Waals surface area contributed by atoms with Crippen LogP contribution in [0.25, 0.3) is 11.0 Å². The van der Waals surface area contributed by atoms with Gasteiger partial charge < -0.3 is 24.8 Å². The zero-order valence-electron chi connectivity index (χ0n) is 19.4. The number of methoxy groups -OCH3 is 3. The summed E-state index contributed by atoms with van der Waals surface area (Å²) in [4.78, 5) is 25.5. The molecule has 0 aliphatic heterocycles. The van der Waals surface area contributed by atoms with E-state index in [1.807, 2.05) is 12.1 Å². The number of aromatic nitrogens is 3. The third-order valence-electron chi connectivity index (χ3n) is 5.05. The number of anilines is 2. The Morgan fingerprint density at radius 3 is 2.62 bits per heavy atom. The van der Waals surface area contributed by atoms with Crippen molar-refractivity contribution in [2.75, 3.05) is 32.0 Å². The summed E-state index contributed by atoms with van der Waals surface area (Å²) in [6.07, 6.45) is 0.901. The van der Waals surface area contributed by atoms with Crippen LogP contribution in [0.3, 0.4) is 0 Å². The first-order chi connectivity index (χ1) is 16.2. The van der Waals surface area contributed by atoms with Crippen LogP contribution in [0.4, 0.5) is 20.5 Å². The molecular formula is C23H27F2N5O4. The highest BCUT2D eigenvalue weighted by Gasteiger charge is 2.28. The van der Waals surface area contributed by atoms with Gasteiger partial charge >= 0.3 is 5.97 Å². The minimum absolute atomic E-state index is 0.152. The highest BCUT2D eigenvalue weighted by molar-refractivity contribution is 5.88. The summed E-state index contributed by atoms with van der Waals surface area (Å²) in [5.74, 6) is -1.84. The molecule has 3 aromatic rings. The van der Waals surface area contributed by atoms with E-state index in [2.05, 4.69) is 25.6 Å². The van der Waals surface area contributed by atoms with Crippen LogP contribution in [0.15, 0.2) is 36.5 Å². The molecule has 3 rings (SSSR count). The first-order valence-electron chi connectivity index (χ1n) is 10.5. The van der Waals surface area contributed by atoms with Crippen molar-refractivity contribution in [3.63, 3.8) is 0 Å². The molecule has 0 radical (unpaired) electrons. The van der Waals surface area contributed by atoms with Gasteiger partial charge in [0.05, 0.1) is 26.8 Å². The number of carbonyl (C=O) groups is 1. The molecule has 1 atom stereocenters. The van der Waals surface area contributed by atoms with Gasteiger partial charge in [-0.25, -0.2) is 18.6 Å². The standard InChI is InChI=1S/C23H27F2N5O4/c1-23(24,25)10-9-17(21(31)34-4)28-20-19-16(6-5-11-26-19)29-22(30-20)27-13-14-7-8-15(32-2)12-18(14)33-3/h5-8,11-12,17H,9-10,13H2,1-4H3,(H2,27,28,29,30). The van der Waals surface area contributed by atoms with Crippen molar-refractivity contribution < 1.29 is 27.8 Å². The van der Waals surface area contributed by atoms with Gasteiger partial charge in [0.2, 0.25) is 11.9 Å². The second kappa shape index (κ2) is 10.9. The van der Waals surface area contributed by atoms with E-state index < -0.39 is 24.4 Å². The number of benzene rings is 1. The molecule has 182 valence electrons. The van der Waals surface area contributed by atoms with Crippen molar-refractivity contribution in [1.29, 1.82) is 0 Å². The number of ether oxygens (including phenoxy) is 3. The molecule has 1 aromatic carbocycles. The van der Waals surface area contributed by atoms with Gasteiger partial charge in [0.1, 0.15) is 23.1 Å². The zero-order valence-corrected chi connectivity index (χ0v) is 19.4. The Hall–Kier alpha value is -3.76. The second-order valence-electron chi connectivity index (χ2n) is 7.63. The number of esters is 1. The number of rotatable bonds is 11. The second-order valence-corrected chi connectivity index (χ2v) is 7.63. The third kappa shape index (κ3) is 6.40. The monoisotopic (exact) mass is 475 g/mol. The minimum Gasteiger partial charge on any atom is -0.497 e. The average molecular weight is 475 g/mol.